The van der Waals surface area contributed by atoms with Crippen LogP contribution in [0.2, 0.25) is 0 Å². The maximum atomic E-state index is 12.4. The van der Waals surface area contributed by atoms with E-state index in [9.17, 15) is 9.59 Å². The number of ether oxygens (including phenoxy) is 1. The number of likely N-dealkylation sites (tertiary alicyclic amines) is 1. The van der Waals surface area contributed by atoms with Gasteiger partial charge in [0.05, 0.1) is 13.0 Å². The van der Waals surface area contributed by atoms with Gasteiger partial charge in [-0.25, -0.2) is 0 Å². The second-order valence-electron chi connectivity index (χ2n) is 6.63. The highest BCUT2D eigenvalue weighted by Crippen LogP contribution is 2.23. The Kier molecular flexibility index (Phi) is 6.64. The van der Waals surface area contributed by atoms with Crippen LogP contribution in [-0.2, 0) is 16.0 Å². The molecule has 0 radical (unpaired) electrons. The molecule has 0 aromatic heterocycles. The minimum Gasteiger partial charge on any atom is -0.497 e. The number of piperidine rings is 1. The van der Waals surface area contributed by atoms with E-state index in [4.69, 9.17) is 10.5 Å². The van der Waals surface area contributed by atoms with Crippen LogP contribution in [0.1, 0.15) is 44.6 Å². The largest absolute Gasteiger partial charge is 0.497 e. The number of rotatable bonds is 7. The molecular formula is C19H28N2O3. The predicted molar refractivity (Wildman–Crippen MR) is 93.6 cm³/mol. The number of nitrogens with zero attached hydrogens (tertiary/aromatic N) is 1. The van der Waals surface area contributed by atoms with Gasteiger partial charge in [0.2, 0.25) is 11.8 Å². The van der Waals surface area contributed by atoms with Crippen LogP contribution in [0.4, 0.5) is 0 Å². The van der Waals surface area contributed by atoms with Gasteiger partial charge in [0, 0.05) is 19.0 Å². The van der Waals surface area contributed by atoms with Gasteiger partial charge in [-0.05, 0) is 56.7 Å². The molecule has 5 nitrogen and oxygen atoms in total. The summed E-state index contributed by atoms with van der Waals surface area (Å²) in [6.45, 7) is 2.53. The zero-order valence-corrected chi connectivity index (χ0v) is 14.7. The summed E-state index contributed by atoms with van der Waals surface area (Å²) >= 11 is 0. The summed E-state index contributed by atoms with van der Waals surface area (Å²) in [5.74, 6) is 0.517. The third-order valence-corrected chi connectivity index (χ3v) is 4.87. The first-order chi connectivity index (χ1) is 11.5. The molecule has 132 valence electrons. The van der Waals surface area contributed by atoms with Crippen LogP contribution in [0, 0.1) is 5.92 Å². The van der Waals surface area contributed by atoms with Crippen molar-refractivity contribution in [3.8, 4) is 5.75 Å². The minimum absolute atomic E-state index is 0.142. The van der Waals surface area contributed by atoms with Crippen LogP contribution in [0.5, 0.6) is 5.75 Å². The number of nitrogens with two attached hydrogens (primary N) is 1. The zero-order valence-electron chi connectivity index (χ0n) is 14.7. The fourth-order valence-corrected chi connectivity index (χ4v) is 3.23. The molecular weight excluding hydrogens is 304 g/mol. The summed E-state index contributed by atoms with van der Waals surface area (Å²) in [5, 5.41) is 0. The Morgan fingerprint density at radius 3 is 2.54 bits per heavy atom. The van der Waals surface area contributed by atoms with E-state index in [1.54, 1.807) is 7.11 Å². The lowest BCUT2D eigenvalue weighted by Gasteiger charge is -2.37. The maximum absolute atomic E-state index is 12.4. The van der Waals surface area contributed by atoms with Gasteiger partial charge in [-0.3, -0.25) is 9.59 Å². The lowest BCUT2D eigenvalue weighted by molar-refractivity contribution is -0.137. The third kappa shape index (κ3) is 4.98. The van der Waals surface area contributed by atoms with Gasteiger partial charge in [0.25, 0.3) is 0 Å². The average Bonchev–Trinajstić information content (AvgIpc) is 2.59. The molecule has 1 fully saturated rings. The first-order valence-corrected chi connectivity index (χ1v) is 8.73. The molecule has 1 aromatic rings. The fraction of sp³-hybridized carbons (Fsp3) is 0.579. The van der Waals surface area contributed by atoms with Crippen molar-refractivity contribution in [2.75, 3.05) is 13.7 Å². The number of aryl methyl sites for hydroxylation is 1. The minimum atomic E-state index is -0.292. The quantitative estimate of drug-likeness (QED) is 0.780. The lowest BCUT2D eigenvalue weighted by Crippen LogP contribution is -2.48. The normalized spacial score (nSPS) is 20.7. The Bertz CT molecular complexity index is 556. The SMILES string of the molecule is COc1ccc(CCCCC(=O)N2C[C@@H](C(N)=O)CC[C@H]2C)cc1. The van der Waals surface area contributed by atoms with Gasteiger partial charge in [-0.1, -0.05) is 12.1 Å². The van der Waals surface area contributed by atoms with Crippen molar-refractivity contribution in [3.63, 3.8) is 0 Å². The van der Waals surface area contributed by atoms with E-state index in [-0.39, 0.29) is 23.8 Å². The maximum Gasteiger partial charge on any atom is 0.222 e. The number of unbranched alkanes of at least 4 members (excludes halogenated alkanes) is 1. The molecule has 5 heteroatoms. The van der Waals surface area contributed by atoms with Crippen LogP contribution < -0.4 is 10.5 Å². The van der Waals surface area contributed by atoms with Crippen molar-refractivity contribution in [2.24, 2.45) is 11.7 Å². The Balaban J connectivity index is 1.74. The Hall–Kier alpha value is -2.04. The van der Waals surface area contributed by atoms with Gasteiger partial charge >= 0.3 is 0 Å². The number of primary amides is 1. The van der Waals surface area contributed by atoms with E-state index in [1.807, 2.05) is 24.0 Å². The molecule has 0 aliphatic carbocycles. The summed E-state index contributed by atoms with van der Waals surface area (Å²) in [6.07, 6.45) is 4.96. The van der Waals surface area contributed by atoms with Crippen molar-refractivity contribution in [3.05, 3.63) is 29.8 Å². The van der Waals surface area contributed by atoms with Crippen LogP contribution in [-0.4, -0.2) is 36.4 Å². The first kappa shape index (κ1) is 18.3. The van der Waals surface area contributed by atoms with Crippen molar-refractivity contribution >= 4 is 11.8 Å². The third-order valence-electron chi connectivity index (χ3n) is 4.87. The van der Waals surface area contributed by atoms with Crippen LogP contribution >= 0.6 is 0 Å². The van der Waals surface area contributed by atoms with Crippen LogP contribution in [0.15, 0.2) is 24.3 Å². The van der Waals surface area contributed by atoms with Crippen LogP contribution in [0.3, 0.4) is 0 Å². The second kappa shape index (κ2) is 8.71. The summed E-state index contributed by atoms with van der Waals surface area (Å²) in [5.41, 5.74) is 6.65. The molecule has 1 heterocycles. The number of hydrogen-bond donors (Lipinski definition) is 1. The Morgan fingerprint density at radius 1 is 1.21 bits per heavy atom. The molecule has 24 heavy (non-hydrogen) atoms. The van der Waals surface area contributed by atoms with E-state index in [1.165, 1.54) is 5.56 Å². The highest BCUT2D eigenvalue weighted by atomic mass is 16.5. The summed E-state index contributed by atoms with van der Waals surface area (Å²) in [4.78, 5) is 25.6. The molecule has 1 aliphatic rings. The number of carbonyl (C=O) groups is 2. The van der Waals surface area contributed by atoms with Gasteiger partial charge in [-0.15, -0.1) is 0 Å². The first-order valence-electron chi connectivity index (χ1n) is 8.73. The van der Waals surface area contributed by atoms with E-state index in [2.05, 4.69) is 12.1 Å². The summed E-state index contributed by atoms with van der Waals surface area (Å²) in [7, 11) is 1.66. The molecule has 2 amide bonds. The summed E-state index contributed by atoms with van der Waals surface area (Å²) in [6, 6.07) is 8.24. The summed E-state index contributed by atoms with van der Waals surface area (Å²) < 4.78 is 5.15. The fourth-order valence-electron chi connectivity index (χ4n) is 3.23. The molecule has 0 bridgehead atoms. The molecule has 0 spiro atoms. The molecule has 1 saturated heterocycles. The highest BCUT2D eigenvalue weighted by Gasteiger charge is 2.31. The molecule has 0 saturated carbocycles. The van der Waals surface area contributed by atoms with Gasteiger partial charge < -0.3 is 15.4 Å². The van der Waals surface area contributed by atoms with E-state index >= 15 is 0 Å². The Labute approximate surface area is 144 Å². The number of hydrogen-bond acceptors (Lipinski definition) is 3. The molecule has 1 aromatic carbocycles. The molecule has 2 N–H and O–H groups in total. The molecule has 0 unspecified atom stereocenters. The second-order valence-corrected chi connectivity index (χ2v) is 6.63. The zero-order chi connectivity index (χ0) is 17.5. The number of methoxy groups -OCH3 is 1. The van der Waals surface area contributed by atoms with Crippen LogP contribution in [0.25, 0.3) is 0 Å². The molecule has 2 atom stereocenters. The monoisotopic (exact) mass is 332 g/mol. The van der Waals surface area contributed by atoms with E-state index < -0.39 is 0 Å². The highest BCUT2D eigenvalue weighted by molar-refractivity contribution is 5.80. The molecule has 1 aliphatic heterocycles. The van der Waals surface area contributed by atoms with Crippen molar-refractivity contribution in [2.45, 2.75) is 51.5 Å². The van der Waals surface area contributed by atoms with Crippen molar-refractivity contribution in [1.29, 1.82) is 0 Å². The lowest BCUT2D eigenvalue weighted by atomic mass is 9.92. The van der Waals surface area contributed by atoms with Crippen molar-refractivity contribution in [1.82, 2.24) is 4.90 Å². The number of carbonyl (C=O) groups excluding carboxylic acids is 2. The van der Waals surface area contributed by atoms with Gasteiger partial charge in [-0.2, -0.15) is 0 Å². The van der Waals surface area contributed by atoms with Gasteiger partial charge in [0.1, 0.15) is 5.75 Å². The van der Waals surface area contributed by atoms with E-state index in [0.717, 1.165) is 37.9 Å². The topological polar surface area (TPSA) is 72.6 Å². The predicted octanol–water partition coefficient (Wildman–Crippen LogP) is 2.52. The molecule has 2 rings (SSSR count). The number of amides is 2. The Morgan fingerprint density at radius 2 is 1.92 bits per heavy atom. The van der Waals surface area contributed by atoms with Crippen molar-refractivity contribution < 1.29 is 14.3 Å². The van der Waals surface area contributed by atoms with Gasteiger partial charge in [0.15, 0.2) is 0 Å². The smallest absolute Gasteiger partial charge is 0.222 e. The average molecular weight is 332 g/mol. The van der Waals surface area contributed by atoms with E-state index in [0.29, 0.717) is 13.0 Å². The standard InChI is InChI=1S/C19H28N2O3/c1-14-7-10-16(19(20)23)13-21(14)18(22)6-4-3-5-15-8-11-17(24-2)12-9-15/h8-9,11-12,14,16H,3-7,10,13H2,1-2H3,(H2,20,23)/t14-,16+/m1/s1. The number of benzene rings is 1.